The molecule has 1 aromatic heterocycles. The molecule has 2 heterocycles. The molecule has 1 atom stereocenters. The quantitative estimate of drug-likeness (QED) is 0.273. The maximum absolute atomic E-state index is 5.61. The van der Waals surface area contributed by atoms with Gasteiger partial charge in [0.1, 0.15) is 0 Å². The van der Waals surface area contributed by atoms with Crippen LogP contribution in [0, 0.1) is 6.92 Å². The van der Waals surface area contributed by atoms with Gasteiger partial charge in [0.15, 0.2) is 11.8 Å². The molecule has 0 radical (unpaired) electrons. The van der Waals surface area contributed by atoms with Crippen LogP contribution in [0.15, 0.2) is 9.52 Å². The van der Waals surface area contributed by atoms with Gasteiger partial charge < -0.3 is 24.6 Å². The Morgan fingerprint density at radius 2 is 2.30 bits per heavy atom. The van der Waals surface area contributed by atoms with Crippen LogP contribution in [0.1, 0.15) is 31.0 Å². The van der Waals surface area contributed by atoms with Crippen molar-refractivity contribution in [2.45, 2.75) is 38.8 Å². The average molecular weight is 439 g/mol. The van der Waals surface area contributed by atoms with E-state index >= 15 is 0 Å². The summed E-state index contributed by atoms with van der Waals surface area (Å²) < 4.78 is 16.0. The molecular weight excluding hydrogens is 413 g/mol. The Balaban J connectivity index is 0.00000264. The highest BCUT2D eigenvalue weighted by Crippen LogP contribution is 2.11. The molecule has 1 fully saturated rings. The number of guanidine groups is 1. The van der Waals surface area contributed by atoms with Crippen molar-refractivity contribution in [2.24, 2.45) is 4.99 Å². The van der Waals surface area contributed by atoms with Gasteiger partial charge in [0, 0.05) is 33.7 Å². The van der Waals surface area contributed by atoms with Gasteiger partial charge in [0.2, 0.25) is 5.89 Å². The van der Waals surface area contributed by atoms with Crippen LogP contribution in [0.5, 0.6) is 0 Å². The minimum atomic E-state index is 0. The van der Waals surface area contributed by atoms with E-state index in [1.807, 2.05) is 0 Å². The lowest BCUT2D eigenvalue weighted by molar-refractivity contribution is 0.0168. The van der Waals surface area contributed by atoms with Crippen molar-refractivity contribution >= 4 is 29.9 Å². The topological polar surface area (TPSA) is 93.8 Å². The largest absolute Gasteiger partial charge is 0.379 e. The van der Waals surface area contributed by atoms with E-state index in [9.17, 15) is 0 Å². The van der Waals surface area contributed by atoms with Crippen LogP contribution in [-0.2, 0) is 16.0 Å². The summed E-state index contributed by atoms with van der Waals surface area (Å²) in [5.41, 5.74) is 0. The van der Waals surface area contributed by atoms with Crippen molar-refractivity contribution in [2.75, 3.05) is 33.4 Å². The summed E-state index contributed by atoms with van der Waals surface area (Å²) in [6.07, 6.45) is 3.47. The summed E-state index contributed by atoms with van der Waals surface area (Å²) >= 11 is 0. The minimum absolute atomic E-state index is 0. The third kappa shape index (κ3) is 7.93. The Labute approximate surface area is 153 Å². The maximum Gasteiger partial charge on any atom is 0.223 e. The molecule has 2 rings (SSSR count). The molecule has 2 N–H and O–H groups in total. The monoisotopic (exact) mass is 439 g/mol. The van der Waals surface area contributed by atoms with Crippen molar-refractivity contribution in [3.05, 3.63) is 11.7 Å². The molecule has 0 saturated carbocycles. The highest BCUT2D eigenvalue weighted by Gasteiger charge is 2.14. The lowest BCUT2D eigenvalue weighted by atomic mass is 10.2. The zero-order chi connectivity index (χ0) is 15.6. The lowest BCUT2D eigenvalue weighted by Gasteiger charge is -2.12. The van der Waals surface area contributed by atoms with E-state index in [0.29, 0.717) is 43.5 Å². The van der Waals surface area contributed by atoms with Gasteiger partial charge in [-0.2, -0.15) is 4.98 Å². The van der Waals surface area contributed by atoms with Crippen LogP contribution >= 0.6 is 24.0 Å². The number of hydrogen-bond acceptors (Lipinski definition) is 6. The highest BCUT2D eigenvalue weighted by molar-refractivity contribution is 14.0. The summed E-state index contributed by atoms with van der Waals surface area (Å²) in [5.74, 6) is 1.88. The smallest absolute Gasteiger partial charge is 0.223 e. The molecule has 0 aromatic carbocycles. The van der Waals surface area contributed by atoms with Crippen LogP contribution in [0.4, 0.5) is 0 Å². The van der Waals surface area contributed by atoms with Crippen LogP contribution in [0.3, 0.4) is 0 Å². The molecule has 1 aliphatic rings. The third-order valence-electron chi connectivity index (χ3n) is 3.29. The Kier molecular flexibility index (Phi) is 10.1. The predicted molar refractivity (Wildman–Crippen MR) is 97.1 cm³/mol. The van der Waals surface area contributed by atoms with Crippen molar-refractivity contribution in [1.82, 2.24) is 20.8 Å². The summed E-state index contributed by atoms with van der Waals surface area (Å²) in [5, 5.41) is 10.2. The van der Waals surface area contributed by atoms with Crippen LogP contribution in [0.2, 0.25) is 0 Å². The molecule has 0 spiro atoms. The Hall–Kier alpha value is -0.940. The van der Waals surface area contributed by atoms with E-state index in [4.69, 9.17) is 14.0 Å². The molecule has 0 aliphatic carbocycles. The van der Waals surface area contributed by atoms with Crippen LogP contribution in [-0.4, -0.2) is 55.6 Å². The molecule has 0 bridgehead atoms. The van der Waals surface area contributed by atoms with E-state index in [2.05, 4.69) is 25.8 Å². The van der Waals surface area contributed by atoms with Gasteiger partial charge >= 0.3 is 0 Å². The second-order valence-corrected chi connectivity index (χ2v) is 5.15. The van der Waals surface area contributed by atoms with Crippen molar-refractivity contribution in [1.29, 1.82) is 0 Å². The van der Waals surface area contributed by atoms with E-state index in [0.717, 1.165) is 32.4 Å². The van der Waals surface area contributed by atoms with E-state index in [1.54, 1.807) is 14.0 Å². The number of aromatic nitrogens is 2. The number of ether oxygens (including phenoxy) is 2. The highest BCUT2D eigenvalue weighted by atomic mass is 127. The third-order valence-corrected chi connectivity index (χ3v) is 3.29. The fraction of sp³-hybridized carbons (Fsp3) is 0.786. The number of rotatable bonds is 8. The first-order valence-corrected chi connectivity index (χ1v) is 7.71. The lowest BCUT2D eigenvalue weighted by Crippen LogP contribution is -2.37. The van der Waals surface area contributed by atoms with Gasteiger partial charge in [-0.15, -0.1) is 24.0 Å². The first-order valence-electron chi connectivity index (χ1n) is 7.71. The SMILES string of the molecule is CN=C(NCCCOCC1CCCO1)NCc1noc(C)n1.I. The van der Waals surface area contributed by atoms with Gasteiger partial charge in [-0.1, -0.05) is 5.16 Å². The van der Waals surface area contributed by atoms with Gasteiger partial charge in [0.25, 0.3) is 0 Å². The Morgan fingerprint density at radius 1 is 1.43 bits per heavy atom. The standard InChI is InChI=1S/C14H25N5O3.HI/c1-11-18-13(19-22-11)9-17-14(15-2)16-6-4-7-20-10-12-5-3-8-21-12;/h12H,3-10H2,1-2H3,(H2,15,16,17);1H. The van der Waals surface area contributed by atoms with Gasteiger partial charge in [-0.25, -0.2) is 0 Å². The van der Waals surface area contributed by atoms with Gasteiger partial charge in [-0.3, -0.25) is 4.99 Å². The molecular formula is C14H26IN5O3. The first-order chi connectivity index (χ1) is 10.8. The van der Waals surface area contributed by atoms with Crippen LogP contribution < -0.4 is 10.6 Å². The summed E-state index contributed by atoms with van der Waals surface area (Å²) in [4.78, 5) is 8.26. The number of aryl methyl sites for hydroxylation is 1. The van der Waals surface area contributed by atoms with Crippen molar-refractivity contribution in [3.8, 4) is 0 Å². The fourth-order valence-electron chi connectivity index (χ4n) is 2.17. The van der Waals surface area contributed by atoms with E-state index < -0.39 is 0 Å². The molecule has 23 heavy (non-hydrogen) atoms. The van der Waals surface area contributed by atoms with Crippen molar-refractivity contribution < 1.29 is 14.0 Å². The zero-order valence-corrected chi connectivity index (χ0v) is 16.0. The van der Waals surface area contributed by atoms with Crippen LogP contribution in [0.25, 0.3) is 0 Å². The molecule has 132 valence electrons. The summed E-state index contributed by atoms with van der Waals surface area (Å²) in [6, 6.07) is 0. The zero-order valence-electron chi connectivity index (χ0n) is 13.7. The molecule has 0 amide bonds. The average Bonchev–Trinajstić information content (AvgIpc) is 3.17. The van der Waals surface area contributed by atoms with E-state index in [1.165, 1.54) is 0 Å². The van der Waals surface area contributed by atoms with Gasteiger partial charge in [-0.05, 0) is 19.3 Å². The number of halogens is 1. The van der Waals surface area contributed by atoms with Crippen molar-refractivity contribution in [3.63, 3.8) is 0 Å². The normalized spacial score (nSPS) is 17.8. The Bertz CT molecular complexity index is 463. The second-order valence-electron chi connectivity index (χ2n) is 5.15. The summed E-state index contributed by atoms with van der Waals surface area (Å²) in [6.45, 7) is 5.32. The molecule has 8 nitrogen and oxygen atoms in total. The number of nitrogens with zero attached hydrogens (tertiary/aromatic N) is 3. The first kappa shape index (κ1) is 20.1. The predicted octanol–water partition coefficient (Wildman–Crippen LogP) is 1.25. The van der Waals surface area contributed by atoms with Gasteiger partial charge in [0.05, 0.1) is 19.3 Å². The number of aliphatic imine (C=N–C) groups is 1. The molecule has 1 saturated heterocycles. The van der Waals surface area contributed by atoms with E-state index in [-0.39, 0.29) is 24.0 Å². The fourth-order valence-corrected chi connectivity index (χ4v) is 2.17. The maximum atomic E-state index is 5.61. The Morgan fingerprint density at radius 3 is 2.96 bits per heavy atom. The molecule has 1 unspecified atom stereocenters. The minimum Gasteiger partial charge on any atom is -0.379 e. The molecule has 9 heteroatoms. The summed E-state index contributed by atoms with van der Waals surface area (Å²) in [7, 11) is 1.73. The number of nitrogens with one attached hydrogen (secondary N) is 2. The molecule has 1 aromatic rings. The molecule has 1 aliphatic heterocycles. The second kappa shape index (κ2) is 11.6. The number of hydrogen-bond donors (Lipinski definition) is 2.